The highest BCUT2D eigenvalue weighted by molar-refractivity contribution is 7.91. The predicted molar refractivity (Wildman–Crippen MR) is 71.4 cm³/mol. The smallest absolute Gasteiger partial charge is 0.150 e. The van der Waals surface area contributed by atoms with E-state index in [-0.39, 0.29) is 12.1 Å². The molecule has 1 N–H and O–H groups in total. The molecule has 1 aliphatic rings. The van der Waals surface area contributed by atoms with Crippen molar-refractivity contribution in [2.45, 2.75) is 45.7 Å². The molecule has 2 rings (SSSR count). The second-order valence-corrected chi connectivity index (χ2v) is 7.49. The van der Waals surface area contributed by atoms with Gasteiger partial charge in [-0.1, -0.05) is 0 Å². The Morgan fingerprint density at radius 2 is 1.94 bits per heavy atom. The summed E-state index contributed by atoms with van der Waals surface area (Å²) < 4.78 is 28.3. The highest BCUT2D eigenvalue weighted by Crippen LogP contribution is 2.23. The number of hydrogen-bond acceptors (Lipinski definition) is 4. The molecule has 0 aromatic carbocycles. The van der Waals surface area contributed by atoms with Gasteiger partial charge in [-0.15, -0.1) is 0 Å². The average molecular weight is 271 g/mol. The van der Waals surface area contributed by atoms with E-state index in [1.165, 1.54) is 5.56 Å². The molecule has 0 saturated carbocycles. The highest BCUT2D eigenvalue weighted by Gasteiger charge is 2.25. The van der Waals surface area contributed by atoms with Crippen molar-refractivity contribution in [3.05, 3.63) is 23.2 Å². The van der Waals surface area contributed by atoms with Gasteiger partial charge < -0.3 is 9.73 Å². The fourth-order valence-electron chi connectivity index (χ4n) is 2.58. The normalized spacial score (nSPS) is 21.9. The standard InChI is InChI=1S/C13H21NO3S/c1-9-8-13(11(3)17-9)10(2)14-12-4-6-18(15,16)7-5-12/h8,10,12,14H,4-7H2,1-3H3. The SMILES string of the molecule is Cc1cc(C(C)NC2CCS(=O)(=O)CC2)c(C)o1. The van der Waals surface area contributed by atoms with Crippen molar-refractivity contribution in [1.82, 2.24) is 5.32 Å². The number of rotatable bonds is 3. The molecule has 0 amide bonds. The minimum absolute atomic E-state index is 0.202. The molecule has 0 spiro atoms. The first-order valence-corrected chi connectivity index (χ1v) is 8.23. The zero-order valence-corrected chi connectivity index (χ0v) is 12.0. The summed E-state index contributed by atoms with van der Waals surface area (Å²) in [6.45, 7) is 6.00. The summed E-state index contributed by atoms with van der Waals surface area (Å²) in [5.41, 5.74) is 1.17. The number of sulfone groups is 1. The van der Waals surface area contributed by atoms with Crippen LogP contribution >= 0.6 is 0 Å². The minimum atomic E-state index is -2.78. The van der Waals surface area contributed by atoms with E-state index in [0.29, 0.717) is 24.3 Å². The fourth-order valence-corrected chi connectivity index (χ4v) is 4.07. The van der Waals surface area contributed by atoms with Crippen molar-refractivity contribution in [3.63, 3.8) is 0 Å². The third kappa shape index (κ3) is 3.14. The third-order valence-corrected chi connectivity index (χ3v) is 5.30. The Labute approximate surface area is 109 Å². The second-order valence-electron chi connectivity index (χ2n) is 5.18. The molecule has 4 nitrogen and oxygen atoms in total. The maximum absolute atomic E-state index is 11.4. The van der Waals surface area contributed by atoms with Crippen LogP contribution in [0.5, 0.6) is 0 Å². The van der Waals surface area contributed by atoms with Crippen molar-refractivity contribution in [2.75, 3.05) is 11.5 Å². The van der Waals surface area contributed by atoms with Gasteiger partial charge in [-0.25, -0.2) is 8.42 Å². The molecular weight excluding hydrogens is 250 g/mol. The number of nitrogens with one attached hydrogen (secondary N) is 1. The Bertz CT molecular complexity index is 504. The molecule has 5 heteroatoms. The molecule has 102 valence electrons. The monoisotopic (exact) mass is 271 g/mol. The molecule has 1 aliphatic heterocycles. The predicted octanol–water partition coefficient (Wildman–Crippen LogP) is 2.12. The van der Waals surface area contributed by atoms with Gasteiger partial charge in [0.1, 0.15) is 21.4 Å². The summed E-state index contributed by atoms with van der Waals surface area (Å²) in [5.74, 6) is 2.47. The van der Waals surface area contributed by atoms with E-state index >= 15 is 0 Å². The summed E-state index contributed by atoms with van der Waals surface area (Å²) in [6.07, 6.45) is 1.42. The third-order valence-electron chi connectivity index (χ3n) is 3.59. The topological polar surface area (TPSA) is 59.3 Å². The highest BCUT2D eigenvalue weighted by atomic mass is 32.2. The fraction of sp³-hybridized carbons (Fsp3) is 0.692. The maximum atomic E-state index is 11.4. The molecule has 18 heavy (non-hydrogen) atoms. The maximum Gasteiger partial charge on any atom is 0.150 e. The summed E-state index contributed by atoms with van der Waals surface area (Å²) in [6, 6.07) is 2.54. The van der Waals surface area contributed by atoms with Gasteiger partial charge in [-0.2, -0.15) is 0 Å². The Kier molecular flexibility index (Phi) is 3.82. The molecule has 1 unspecified atom stereocenters. The summed E-state index contributed by atoms with van der Waals surface area (Å²) in [7, 11) is -2.78. The molecule has 1 fully saturated rings. The lowest BCUT2D eigenvalue weighted by molar-refractivity contribution is 0.414. The van der Waals surface area contributed by atoms with E-state index in [4.69, 9.17) is 4.42 Å². The molecule has 0 aliphatic carbocycles. The lowest BCUT2D eigenvalue weighted by atomic mass is 10.1. The van der Waals surface area contributed by atoms with Crippen LogP contribution in [0.2, 0.25) is 0 Å². The van der Waals surface area contributed by atoms with Gasteiger partial charge in [0.25, 0.3) is 0 Å². The number of hydrogen-bond donors (Lipinski definition) is 1. The lowest BCUT2D eigenvalue weighted by Crippen LogP contribution is -2.38. The quantitative estimate of drug-likeness (QED) is 0.915. The van der Waals surface area contributed by atoms with Crippen LogP contribution in [-0.2, 0) is 9.84 Å². The Balaban J connectivity index is 1.96. The van der Waals surface area contributed by atoms with Gasteiger partial charge in [-0.05, 0) is 39.7 Å². The van der Waals surface area contributed by atoms with Gasteiger partial charge in [0.05, 0.1) is 11.5 Å². The number of aryl methyl sites for hydroxylation is 2. The van der Waals surface area contributed by atoms with Gasteiger partial charge in [-0.3, -0.25) is 0 Å². The molecule has 0 radical (unpaired) electrons. The van der Waals surface area contributed by atoms with E-state index in [0.717, 1.165) is 11.5 Å². The molecule has 1 aromatic rings. The van der Waals surface area contributed by atoms with Crippen LogP contribution in [-0.4, -0.2) is 26.0 Å². The Hall–Kier alpha value is -0.810. The van der Waals surface area contributed by atoms with Crippen LogP contribution in [0.15, 0.2) is 10.5 Å². The van der Waals surface area contributed by atoms with Gasteiger partial charge in [0.15, 0.2) is 0 Å². The first-order valence-electron chi connectivity index (χ1n) is 6.41. The zero-order valence-electron chi connectivity index (χ0n) is 11.2. The largest absolute Gasteiger partial charge is 0.466 e. The molecule has 2 heterocycles. The van der Waals surface area contributed by atoms with Crippen LogP contribution in [0, 0.1) is 13.8 Å². The van der Waals surface area contributed by atoms with E-state index in [9.17, 15) is 8.42 Å². The van der Waals surface area contributed by atoms with Crippen molar-refractivity contribution in [3.8, 4) is 0 Å². The zero-order chi connectivity index (χ0) is 13.3. The van der Waals surface area contributed by atoms with Gasteiger partial charge in [0.2, 0.25) is 0 Å². The molecule has 1 atom stereocenters. The van der Waals surface area contributed by atoms with Crippen molar-refractivity contribution in [1.29, 1.82) is 0 Å². The Morgan fingerprint density at radius 1 is 1.33 bits per heavy atom. The minimum Gasteiger partial charge on any atom is -0.466 e. The van der Waals surface area contributed by atoms with E-state index in [1.807, 2.05) is 19.9 Å². The molecule has 0 bridgehead atoms. The van der Waals surface area contributed by atoms with Crippen LogP contribution in [0.3, 0.4) is 0 Å². The first kappa shape index (κ1) is 13.6. The average Bonchev–Trinajstić information content (AvgIpc) is 2.61. The summed E-state index contributed by atoms with van der Waals surface area (Å²) in [4.78, 5) is 0. The molecular formula is C13H21NO3S. The van der Waals surface area contributed by atoms with Gasteiger partial charge in [0, 0.05) is 17.6 Å². The van der Waals surface area contributed by atoms with Crippen LogP contribution in [0.25, 0.3) is 0 Å². The van der Waals surface area contributed by atoms with Crippen molar-refractivity contribution >= 4 is 9.84 Å². The second kappa shape index (κ2) is 5.05. The molecule has 1 saturated heterocycles. The molecule has 1 aromatic heterocycles. The first-order chi connectivity index (χ1) is 8.37. The van der Waals surface area contributed by atoms with Crippen molar-refractivity contribution in [2.24, 2.45) is 0 Å². The van der Waals surface area contributed by atoms with Crippen LogP contribution in [0.1, 0.15) is 42.9 Å². The Morgan fingerprint density at radius 3 is 2.44 bits per heavy atom. The van der Waals surface area contributed by atoms with E-state index in [1.54, 1.807) is 0 Å². The summed E-state index contributed by atoms with van der Waals surface area (Å²) >= 11 is 0. The van der Waals surface area contributed by atoms with E-state index in [2.05, 4.69) is 12.2 Å². The van der Waals surface area contributed by atoms with Gasteiger partial charge >= 0.3 is 0 Å². The summed E-state index contributed by atoms with van der Waals surface area (Å²) in [5, 5.41) is 3.50. The number of furan rings is 1. The van der Waals surface area contributed by atoms with E-state index < -0.39 is 9.84 Å². The lowest BCUT2D eigenvalue weighted by Gasteiger charge is -2.26. The van der Waals surface area contributed by atoms with Crippen LogP contribution < -0.4 is 5.32 Å². The van der Waals surface area contributed by atoms with Crippen LogP contribution in [0.4, 0.5) is 0 Å². The van der Waals surface area contributed by atoms with Crippen molar-refractivity contribution < 1.29 is 12.8 Å².